The molecule has 0 saturated heterocycles. The molecule has 4 heteroatoms. The number of halogens is 2. The predicted octanol–water partition coefficient (Wildman–Crippen LogP) is 4.03. The van der Waals surface area contributed by atoms with E-state index in [1.807, 2.05) is 0 Å². The van der Waals surface area contributed by atoms with E-state index < -0.39 is 5.82 Å². The van der Waals surface area contributed by atoms with Crippen molar-refractivity contribution in [2.75, 3.05) is 0 Å². The molecular formula is C15H19ClFNO. The van der Waals surface area contributed by atoms with Crippen molar-refractivity contribution in [3.8, 4) is 0 Å². The molecule has 3 atom stereocenters. The van der Waals surface area contributed by atoms with Crippen molar-refractivity contribution >= 4 is 17.5 Å². The Hall–Kier alpha value is -1.09. The molecule has 3 unspecified atom stereocenters. The zero-order valence-electron chi connectivity index (χ0n) is 11.2. The molecule has 0 aromatic heterocycles. The van der Waals surface area contributed by atoms with Crippen LogP contribution in [-0.2, 0) is 0 Å². The van der Waals surface area contributed by atoms with Crippen LogP contribution in [0, 0.1) is 17.7 Å². The van der Waals surface area contributed by atoms with Gasteiger partial charge in [0, 0.05) is 11.1 Å². The summed E-state index contributed by atoms with van der Waals surface area (Å²) in [6.45, 7) is 4.34. The summed E-state index contributed by atoms with van der Waals surface area (Å²) in [6, 6.07) is 4.17. The van der Waals surface area contributed by atoms with Gasteiger partial charge in [0.1, 0.15) is 5.82 Å². The van der Waals surface area contributed by atoms with E-state index in [-0.39, 0.29) is 17.5 Å². The van der Waals surface area contributed by atoms with E-state index in [1.165, 1.54) is 24.6 Å². The standard InChI is InChI=1S/C15H19ClFNO/c1-9-4-3-5-14(10(9)2)18-15(19)12-8-11(16)6-7-13(12)17/h6-10,14H,3-5H2,1-2H3,(H,18,19). The fourth-order valence-electron chi connectivity index (χ4n) is 2.70. The Kier molecular flexibility index (Phi) is 4.46. The first-order valence-electron chi connectivity index (χ1n) is 6.75. The minimum absolute atomic E-state index is 0.0259. The van der Waals surface area contributed by atoms with Crippen LogP contribution < -0.4 is 5.32 Å². The fourth-order valence-corrected chi connectivity index (χ4v) is 2.88. The highest BCUT2D eigenvalue weighted by atomic mass is 35.5. The Morgan fingerprint density at radius 2 is 2.11 bits per heavy atom. The molecule has 0 aliphatic heterocycles. The maximum absolute atomic E-state index is 13.6. The Morgan fingerprint density at radius 1 is 1.37 bits per heavy atom. The van der Waals surface area contributed by atoms with Gasteiger partial charge >= 0.3 is 0 Å². The highest BCUT2D eigenvalue weighted by Crippen LogP contribution is 2.29. The van der Waals surface area contributed by atoms with E-state index in [4.69, 9.17) is 11.6 Å². The number of benzene rings is 1. The lowest BCUT2D eigenvalue weighted by molar-refractivity contribution is 0.0887. The predicted molar refractivity (Wildman–Crippen MR) is 74.8 cm³/mol. The smallest absolute Gasteiger partial charge is 0.254 e. The Labute approximate surface area is 118 Å². The van der Waals surface area contributed by atoms with Gasteiger partial charge in [-0.25, -0.2) is 4.39 Å². The van der Waals surface area contributed by atoms with Crippen LogP contribution in [0.3, 0.4) is 0 Å². The Morgan fingerprint density at radius 3 is 2.84 bits per heavy atom. The third-order valence-electron chi connectivity index (χ3n) is 4.20. The molecule has 0 spiro atoms. The minimum Gasteiger partial charge on any atom is -0.349 e. The van der Waals surface area contributed by atoms with E-state index in [9.17, 15) is 9.18 Å². The number of amides is 1. The molecular weight excluding hydrogens is 265 g/mol. The van der Waals surface area contributed by atoms with Gasteiger partial charge in [-0.2, -0.15) is 0 Å². The largest absolute Gasteiger partial charge is 0.349 e. The van der Waals surface area contributed by atoms with Gasteiger partial charge in [-0.15, -0.1) is 0 Å². The fraction of sp³-hybridized carbons (Fsp3) is 0.533. The minimum atomic E-state index is -0.529. The highest BCUT2D eigenvalue weighted by Gasteiger charge is 2.28. The zero-order valence-corrected chi connectivity index (χ0v) is 12.0. The monoisotopic (exact) mass is 283 g/mol. The second-order valence-corrected chi connectivity index (χ2v) is 5.91. The molecule has 0 radical (unpaired) electrons. The molecule has 1 aromatic carbocycles. The summed E-state index contributed by atoms with van der Waals surface area (Å²) >= 11 is 5.81. The van der Waals surface area contributed by atoms with Crippen LogP contribution in [0.15, 0.2) is 18.2 Å². The van der Waals surface area contributed by atoms with Crippen LogP contribution in [0.25, 0.3) is 0 Å². The van der Waals surface area contributed by atoms with Crippen LogP contribution in [0.4, 0.5) is 4.39 Å². The van der Waals surface area contributed by atoms with Gasteiger partial charge in [0.2, 0.25) is 0 Å². The average Bonchev–Trinajstić information content (AvgIpc) is 2.38. The summed E-state index contributed by atoms with van der Waals surface area (Å²) in [5.41, 5.74) is 0.0259. The van der Waals surface area contributed by atoms with E-state index in [0.29, 0.717) is 16.9 Å². The summed E-state index contributed by atoms with van der Waals surface area (Å²) in [5, 5.41) is 3.32. The van der Waals surface area contributed by atoms with Gasteiger partial charge in [0.15, 0.2) is 0 Å². The maximum Gasteiger partial charge on any atom is 0.254 e. The molecule has 104 valence electrons. The Balaban J connectivity index is 2.10. The van der Waals surface area contributed by atoms with Gasteiger partial charge in [0.25, 0.3) is 5.91 Å². The SMILES string of the molecule is CC1CCCC(NC(=O)c2cc(Cl)ccc2F)C1C. The second kappa shape index (κ2) is 5.91. The molecule has 2 rings (SSSR count). The van der Waals surface area contributed by atoms with Crippen molar-refractivity contribution < 1.29 is 9.18 Å². The topological polar surface area (TPSA) is 29.1 Å². The summed E-state index contributed by atoms with van der Waals surface area (Å²) < 4.78 is 13.6. The van der Waals surface area contributed by atoms with Gasteiger partial charge in [-0.05, 0) is 36.5 Å². The number of hydrogen-bond acceptors (Lipinski definition) is 1. The van der Waals surface area contributed by atoms with E-state index in [0.717, 1.165) is 12.8 Å². The van der Waals surface area contributed by atoms with Crippen molar-refractivity contribution in [3.63, 3.8) is 0 Å². The average molecular weight is 284 g/mol. The van der Waals surface area contributed by atoms with Crippen LogP contribution in [0.2, 0.25) is 5.02 Å². The van der Waals surface area contributed by atoms with Crippen molar-refractivity contribution in [2.45, 2.75) is 39.2 Å². The molecule has 1 N–H and O–H groups in total. The van der Waals surface area contributed by atoms with Crippen LogP contribution in [0.1, 0.15) is 43.5 Å². The first-order chi connectivity index (χ1) is 8.99. The first kappa shape index (κ1) is 14.3. The quantitative estimate of drug-likeness (QED) is 0.872. The number of carbonyl (C=O) groups excluding carboxylic acids is 1. The van der Waals surface area contributed by atoms with Gasteiger partial charge < -0.3 is 5.32 Å². The summed E-state index contributed by atoms with van der Waals surface area (Å²) in [4.78, 5) is 12.1. The van der Waals surface area contributed by atoms with Crippen molar-refractivity contribution in [1.29, 1.82) is 0 Å². The van der Waals surface area contributed by atoms with Crippen molar-refractivity contribution in [3.05, 3.63) is 34.6 Å². The molecule has 1 aromatic rings. The lowest BCUT2D eigenvalue weighted by Gasteiger charge is -2.34. The lowest BCUT2D eigenvalue weighted by atomic mass is 9.78. The van der Waals surface area contributed by atoms with Crippen molar-refractivity contribution in [1.82, 2.24) is 5.32 Å². The summed E-state index contributed by atoms with van der Waals surface area (Å²) in [6.07, 6.45) is 3.26. The molecule has 0 bridgehead atoms. The molecule has 1 aliphatic rings. The molecule has 1 saturated carbocycles. The molecule has 2 nitrogen and oxygen atoms in total. The molecule has 0 heterocycles. The molecule has 1 fully saturated rings. The molecule has 19 heavy (non-hydrogen) atoms. The Bertz CT molecular complexity index is 477. The van der Waals surface area contributed by atoms with Gasteiger partial charge in [-0.1, -0.05) is 38.3 Å². The number of carbonyl (C=O) groups is 1. The van der Waals surface area contributed by atoms with Crippen LogP contribution in [-0.4, -0.2) is 11.9 Å². The van der Waals surface area contributed by atoms with Gasteiger partial charge in [0.05, 0.1) is 5.56 Å². The normalized spacial score (nSPS) is 27.1. The van der Waals surface area contributed by atoms with Gasteiger partial charge in [-0.3, -0.25) is 4.79 Å². The zero-order chi connectivity index (χ0) is 14.0. The first-order valence-corrected chi connectivity index (χ1v) is 7.12. The lowest BCUT2D eigenvalue weighted by Crippen LogP contribution is -2.43. The van der Waals surface area contributed by atoms with Crippen LogP contribution >= 0.6 is 11.6 Å². The van der Waals surface area contributed by atoms with Crippen molar-refractivity contribution in [2.24, 2.45) is 11.8 Å². The molecule has 1 aliphatic carbocycles. The van der Waals surface area contributed by atoms with E-state index >= 15 is 0 Å². The van der Waals surface area contributed by atoms with E-state index in [1.54, 1.807) is 0 Å². The summed E-state index contributed by atoms with van der Waals surface area (Å²) in [7, 11) is 0. The maximum atomic E-state index is 13.6. The molecule has 1 amide bonds. The third-order valence-corrected chi connectivity index (χ3v) is 4.43. The number of hydrogen-bond donors (Lipinski definition) is 1. The summed E-state index contributed by atoms with van der Waals surface area (Å²) in [5.74, 6) is 0.104. The number of nitrogens with one attached hydrogen (secondary N) is 1. The number of rotatable bonds is 2. The van der Waals surface area contributed by atoms with E-state index in [2.05, 4.69) is 19.2 Å². The highest BCUT2D eigenvalue weighted by molar-refractivity contribution is 6.31. The second-order valence-electron chi connectivity index (χ2n) is 5.47. The third kappa shape index (κ3) is 3.27. The van der Waals surface area contributed by atoms with Crippen LogP contribution in [0.5, 0.6) is 0 Å².